The van der Waals surface area contributed by atoms with Crippen LogP contribution in [0.1, 0.15) is 13.8 Å². The highest BCUT2D eigenvalue weighted by molar-refractivity contribution is 9.10. The summed E-state index contributed by atoms with van der Waals surface area (Å²) in [6.07, 6.45) is 0. The molecule has 1 aromatic heterocycles. The van der Waals surface area contributed by atoms with Gasteiger partial charge in [0.15, 0.2) is 0 Å². The number of hydrogen-bond acceptors (Lipinski definition) is 3. The van der Waals surface area contributed by atoms with Crippen molar-refractivity contribution in [2.24, 2.45) is 20.0 Å². The van der Waals surface area contributed by atoms with Gasteiger partial charge in [-0.1, -0.05) is 29.8 Å². The quantitative estimate of drug-likeness (QED) is 0.825. The molecule has 2 rings (SSSR count). The number of imidazole rings is 1. The number of anilines is 2. The number of benzene rings is 1. The van der Waals surface area contributed by atoms with Crippen LogP contribution in [0.2, 0.25) is 0 Å². The first-order chi connectivity index (χ1) is 10.6. The normalized spacial score (nSPS) is 12.7. The van der Waals surface area contributed by atoms with Gasteiger partial charge < -0.3 is 10.2 Å². The second-order valence-electron chi connectivity index (χ2n) is 6.29. The average Bonchev–Trinajstić information content (AvgIpc) is 2.70. The van der Waals surface area contributed by atoms with Crippen LogP contribution >= 0.6 is 15.9 Å². The Morgan fingerprint density at radius 2 is 1.70 bits per heavy atom. The highest BCUT2D eigenvalue weighted by atomic mass is 79.9. The molecule has 7 heteroatoms. The van der Waals surface area contributed by atoms with Crippen molar-refractivity contribution in [1.29, 1.82) is 0 Å². The molecule has 2 aromatic rings. The summed E-state index contributed by atoms with van der Waals surface area (Å²) in [7, 11) is 7.29. The van der Waals surface area contributed by atoms with Gasteiger partial charge in [0, 0.05) is 28.2 Å². The van der Waals surface area contributed by atoms with Crippen LogP contribution in [0.5, 0.6) is 0 Å². The third-order valence-electron chi connectivity index (χ3n) is 3.96. The van der Waals surface area contributed by atoms with E-state index < -0.39 is 0 Å². The third kappa shape index (κ3) is 3.15. The van der Waals surface area contributed by atoms with Crippen molar-refractivity contribution >= 4 is 44.2 Å². The number of nitrogens with zero attached hydrogens (tertiary/aromatic N) is 3. The Morgan fingerprint density at radius 1 is 1.17 bits per heavy atom. The molecule has 0 aliphatic rings. The predicted octanol–water partition coefficient (Wildman–Crippen LogP) is 2.30. The van der Waals surface area contributed by atoms with Crippen LogP contribution in [0.15, 0.2) is 16.9 Å². The molecule has 0 unspecified atom stereocenters. The number of carbonyl (C=O) groups is 1. The summed E-state index contributed by atoms with van der Waals surface area (Å²) in [5.41, 5.74) is 3.08. The molecule has 1 atom stereocenters. The van der Waals surface area contributed by atoms with E-state index >= 15 is 0 Å². The molecule has 0 radical (unpaired) electrons. The Morgan fingerprint density at radius 3 is 2.17 bits per heavy atom. The minimum atomic E-state index is -0.271. The molecule has 126 valence electrons. The van der Waals surface area contributed by atoms with Crippen molar-refractivity contribution in [2.45, 2.75) is 18.7 Å². The van der Waals surface area contributed by atoms with Crippen LogP contribution in [-0.2, 0) is 18.9 Å². The second kappa shape index (κ2) is 6.39. The molecule has 0 bridgehead atoms. The zero-order valence-corrected chi connectivity index (χ0v) is 15.9. The fourth-order valence-electron chi connectivity index (χ4n) is 2.51. The van der Waals surface area contributed by atoms with Crippen molar-refractivity contribution in [2.75, 3.05) is 24.3 Å². The summed E-state index contributed by atoms with van der Waals surface area (Å²) >= 11 is 3.42. The smallest absolute Gasteiger partial charge is 0.328 e. The van der Waals surface area contributed by atoms with Crippen LogP contribution in [-0.4, -0.2) is 34.0 Å². The molecule has 23 heavy (non-hydrogen) atoms. The molecular weight excluding hydrogens is 360 g/mol. The molecule has 0 saturated carbocycles. The largest absolute Gasteiger partial charge is 0.376 e. The minimum Gasteiger partial charge on any atom is -0.376 e. The van der Waals surface area contributed by atoms with Crippen molar-refractivity contribution in [1.82, 2.24) is 9.13 Å². The number of alkyl halides is 1. The van der Waals surface area contributed by atoms with E-state index in [1.54, 1.807) is 23.2 Å². The van der Waals surface area contributed by atoms with E-state index in [4.69, 9.17) is 0 Å². The van der Waals surface area contributed by atoms with E-state index in [0.29, 0.717) is 5.69 Å². The van der Waals surface area contributed by atoms with Crippen LogP contribution in [0.3, 0.4) is 0 Å². The first kappa shape index (κ1) is 17.6. The van der Waals surface area contributed by atoms with Crippen LogP contribution in [0, 0.1) is 5.92 Å². The fourth-order valence-corrected chi connectivity index (χ4v) is 2.62. The molecular formula is C16H23BrN4O2. The highest BCUT2D eigenvalue weighted by Gasteiger charge is 2.21. The number of aryl methyl sites for hydroxylation is 2. The maximum absolute atomic E-state index is 12.4. The summed E-state index contributed by atoms with van der Waals surface area (Å²) in [5.74, 6) is 0.0889. The van der Waals surface area contributed by atoms with Gasteiger partial charge in [0.05, 0.1) is 27.2 Å². The predicted molar refractivity (Wildman–Crippen MR) is 98.7 cm³/mol. The van der Waals surface area contributed by atoms with Crippen molar-refractivity contribution < 1.29 is 4.79 Å². The maximum atomic E-state index is 12.4. The Bertz CT molecular complexity index is 804. The summed E-state index contributed by atoms with van der Waals surface area (Å²) < 4.78 is 3.19. The molecule has 1 amide bonds. The Hall–Kier alpha value is -1.76. The van der Waals surface area contributed by atoms with Gasteiger partial charge in [-0.2, -0.15) is 0 Å². The summed E-state index contributed by atoms with van der Waals surface area (Å²) in [6.45, 7) is 3.96. The van der Waals surface area contributed by atoms with Crippen LogP contribution < -0.4 is 15.9 Å². The fraction of sp³-hybridized carbons (Fsp3) is 0.500. The summed E-state index contributed by atoms with van der Waals surface area (Å²) in [6, 6.07) is 3.77. The zero-order valence-electron chi connectivity index (χ0n) is 14.3. The Kier molecular flexibility index (Phi) is 4.89. The third-order valence-corrected chi connectivity index (χ3v) is 5.44. The molecule has 0 aliphatic carbocycles. The van der Waals surface area contributed by atoms with E-state index in [1.807, 2.05) is 45.0 Å². The lowest BCUT2D eigenvalue weighted by molar-refractivity contribution is -0.116. The number of hydrogen-bond donors (Lipinski definition) is 1. The molecule has 6 nitrogen and oxygen atoms in total. The van der Waals surface area contributed by atoms with Gasteiger partial charge in [0.25, 0.3) is 0 Å². The number of halogens is 1. The lowest BCUT2D eigenvalue weighted by Gasteiger charge is -2.20. The maximum Gasteiger partial charge on any atom is 0.328 e. The molecule has 1 N–H and O–H groups in total. The number of aromatic nitrogens is 2. The number of rotatable bonds is 4. The van der Waals surface area contributed by atoms with E-state index in [2.05, 4.69) is 21.2 Å². The molecule has 1 heterocycles. The van der Waals surface area contributed by atoms with E-state index in [1.165, 1.54) is 0 Å². The molecule has 0 aliphatic heterocycles. The molecule has 0 saturated heterocycles. The number of nitrogens with one attached hydrogen (secondary N) is 1. The van der Waals surface area contributed by atoms with E-state index in [-0.39, 0.29) is 22.3 Å². The number of fused-ring (bicyclic) bond motifs is 1. The lowest BCUT2D eigenvalue weighted by atomic mass is 10.1. The topological polar surface area (TPSA) is 59.3 Å². The average molecular weight is 383 g/mol. The number of amides is 1. The minimum absolute atomic E-state index is 0.0891. The van der Waals surface area contributed by atoms with E-state index in [0.717, 1.165) is 16.7 Å². The number of carbonyl (C=O) groups excluding carboxylic acids is 1. The van der Waals surface area contributed by atoms with Crippen LogP contribution in [0.4, 0.5) is 11.4 Å². The van der Waals surface area contributed by atoms with E-state index in [9.17, 15) is 9.59 Å². The first-order valence-corrected chi connectivity index (χ1v) is 8.38. The Labute approximate surface area is 144 Å². The zero-order chi connectivity index (χ0) is 17.5. The molecule has 0 fully saturated rings. The second-order valence-corrected chi connectivity index (χ2v) is 7.27. The summed E-state index contributed by atoms with van der Waals surface area (Å²) in [5, 5.41) is 2.97. The van der Waals surface area contributed by atoms with Gasteiger partial charge in [-0.05, 0) is 18.1 Å². The monoisotopic (exact) mass is 382 g/mol. The van der Waals surface area contributed by atoms with Gasteiger partial charge in [-0.25, -0.2) is 4.79 Å². The standard InChI is InChI=1S/C16H23BrN4O2/c1-9(2)14(17)15(22)18-10-7-12-13(8-11(10)19(3)4)21(6)16(23)20(12)5/h7-9,14H,1-6H3,(H,18,22)/t14-/m1/s1. The van der Waals surface area contributed by atoms with Gasteiger partial charge in [0.2, 0.25) is 5.91 Å². The van der Waals surface area contributed by atoms with Crippen molar-refractivity contribution in [3.05, 3.63) is 22.6 Å². The highest BCUT2D eigenvalue weighted by Crippen LogP contribution is 2.30. The summed E-state index contributed by atoms with van der Waals surface area (Å²) in [4.78, 5) is 26.1. The SMILES string of the molecule is CC(C)[C@@H](Br)C(=O)Nc1cc2c(cc1N(C)C)n(C)c(=O)n2C. The van der Waals surface area contributed by atoms with Gasteiger partial charge in [0.1, 0.15) is 0 Å². The van der Waals surface area contributed by atoms with Gasteiger partial charge >= 0.3 is 5.69 Å². The van der Waals surface area contributed by atoms with Gasteiger partial charge in [-0.3, -0.25) is 13.9 Å². The van der Waals surface area contributed by atoms with Gasteiger partial charge in [-0.15, -0.1) is 0 Å². The van der Waals surface area contributed by atoms with Crippen LogP contribution in [0.25, 0.3) is 11.0 Å². The molecule has 0 spiro atoms. The molecule has 1 aromatic carbocycles. The van der Waals surface area contributed by atoms with Crippen molar-refractivity contribution in [3.63, 3.8) is 0 Å². The Balaban J connectivity index is 2.58. The first-order valence-electron chi connectivity index (χ1n) is 7.46. The van der Waals surface area contributed by atoms with Crippen molar-refractivity contribution in [3.8, 4) is 0 Å². The lowest BCUT2D eigenvalue weighted by Crippen LogP contribution is -2.28.